The van der Waals surface area contributed by atoms with Gasteiger partial charge in [0.1, 0.15) is 5.69 Å². The van der Waals surface area contributed by atoms with E-state index < -0.39 is 0 Å². The quantitative estimate of drug-likeness (QED) is 0.276. The van der Waals surface area contributed by atoms with Crippen molar-refractivity contribution in [3.8, 4) is 11.8 Å². The van der Waals surface area contributed by atoms with Crippen LogP contribution in [0.4, 0.5) is 27.7 Å². The number of carbonyl (C=O) groups excluding carboxylic acids is 1. The van der Waals surface area contributed by atoms with E-state index in [0.29, 0.717) is 33.6 Å². The predicted molar refractivity (Wildman–Crippen MR) is 145 cm³/mol. The molecule has 0 fully saturated rings. The summed E-state index contributed by atoms with van der Waals surface area (Å²) in [4.78, 5) is 21.4. The number of benzene rings is 2. The van der Waals surface area contributed by atoms with Crippen molar-refractivity contribution in [3.63, 3.8) is 0 Å². The average Bonchev–Trinajstić information content (AvgIpc) is 3.48. The van der Waals surface area contributed by atoms with Gasteiger partial charge in [-0.3, -0.25) is 9.08 Å². The number of urea groups is 1. The van der Waals surface area contributed by atoms with Crippen molar-refractivity contribution in [3.05, 3.63) is 94.8 Å². The lowest BCUT2D eigenvalue weighted by Gasteiger charge is -2.10. The number of hydrogen-bond acceptors (Lipinski definition) is 5. The lowest BCUT2D eigenvalue weighted by molar-refractivity contribution is 0.262. The summed E-state index contributed by atoms with van der Waals surface area (Å²) >= 11 is 6.06. The van der Waals surface area contributed by atoms with Crippen LogP contribution in [0.3, 0.4) is 0 Å². The number of fused-ring (bicyclic) bond motifs is 1. The molecule has 0 saturated carbocycles. The summed E-state index contributed by atoms with van der Waals surface area (Å²) in [7, 11) is 1.85. The maximum Gasteiger partial charge on any atom is 0.323 e. The van der Waals surface area contributed by atoms with Crippen molar-refractivity contribution in [2.75, 3.05) is 16.0 Å². The third-order valence-electron chi connectivity index (χ3n) is 5.63. The largest absolute Gasteiger partial charge is 0.335 e. The molecule has 3 aromatic heterocycles. The van der Waals surface area contributed by atoms with Crippen molar-refractivity contribution in [1.29, 1.82) is 0 Å². The van der Waals surface area contributed by atoms with Gasteiger partial charge in [0, 0.05) is 47.6 Å². The monoisotopic (exact) mass is 510 g/mol. The topological polar surface area (TPSA) is 101 Å². The zero-order chi connectivity index (χ0) is 25.9. The highest BCUT2D eigenvalue weighted by atomic mass is 35.5. The van der Waals surface area contributed by atoms with Gasteiger partial charge in [0.15, 0.2) is 11.5 Å². The van der Waals surface area contributed by atoms with Crippen molar-refractivity contribution in [2.45, 2.75) is 13.8 Å². The Balaban J connectivity index is 1.34. The summed E-state index contributed by atoms with van der Waals surface area (Å²) < 4.78 is 3.58. The molecule has 0 aliphatic carbocycles. The summed E-state index contributed by atoms with van der Waals surface area (Å²) in [5.41, 5.74) is 6.12. The van der Waals surface area contributed by atoms with E-state index in [9.17, 15) is 4.79 Å². The van der Waals surface area contributed by atoms with Crippen LogP contribution in [0.2, 0.25) is 5.02 Å². The predicted octanol–water partition coefficient (Wildman–Crippen LogP) is 5.52. The second kappa shape index (κ2) is 10.0. The number of amides is 2. The Morgan fingerprint density at radius 3 is 2.49 bits per heavy atom. The summed E-state index contributed by atoms with van der Waals surface area (Å²) in [6.07, 6.45) is 8.78. The van der Waals surface area contributed by atoms with Crippen molar-refractivity contribution < 1.29 is 4.79 Å². The molecular weight excluding hydrogens is 488 g/mol. The van der Waals surface area contributed by atoms with E-state index >= 15 is 0 Å². The highest BCUT2D eigenvalue weighted by Crippen LogP contribution is 2.21. The zero-order valence-electron chi connectivity index (χ0n) is 20.4. The molecule has 2 aromatic carbocycles. The van der Waals surface area contributed by atoms with E-state index in [-0.39, 0.29) is 6.03 Å². The maximum atomic E-state index is 12.5. The Bertz CT molecular complexity index is 1690. The molecule has 0 unspecified atom stereocenters. The molecule has 37 heavy (non-hydrogen) atoms. The number of rotatable bonds is 4. The SMILES string of the molecule is Cc1cc(NC(=O)Nc2ccc(C)c(C#Cc3cnc4c(Nc5cnn(C)c5)nccn34)c2)ccc1Cl. The fourth-order valence-corrected chi connectivity index (χ4v) is 3.82. The Morgan fingerprint density at radius 1 is 0.946 bits per heavy atom. The van der Waals surface area contributed by atoms with Crippen molar-refractivity contribution in [2.24, 2.45) is 7.05 Å². The fourth-order valence-electron chi connectivity index (χ4n) is 3.70. The number of aromatic nitrogens is 5. The van der Waals surface area contributed by atoms with Gasteiger partial charge in [-0.15, -0.1) is 0 Å². The van der Waals surface area contributed by atoms with Gasteiger partial charge in [0.25, 0.3) is 0 Å². The van der Waals surface area contributed by atoms with E-state index in [1.54, 1.807) is 35.4 Å². The van der Waals surface area contributed by atoms with Gasteiger partial charge in [-0.1, -0.05) is 23.6 Å². The Kier molecular flexibility index (Phi) is 6.49. The molecule has 0 atom stereocenters. The molecule has 0 aliphatic heterocycles. The standard InChI is InChI=1S/C27H23ClN8O/c1-17-4-6-21(34-27(37)33-20-7-9-24(28)18(2)12-20)13-19(17)5-8-23-15-30-26-25(29-10-11-36(23)26)32-22-14-31-35(3)16-22/h4,6-7,9-16H,1-3H3,(H,29,32)(H2,33,34,37). The molecule has 0 radical (unpaired) electrons. The number of hydrogen-bond donors (Lipinski definition) is 3. The van der Waals surface area contributed by atoms with Crippen LogP contribution >= 0.6 is 11.6 Å². The van der Waals surface area contributed by atoms with Crippen LogP contribution in [-0.4, -0.2) is 30.2 Å². The zero-order valence-corrected chi connectivity index (χ0v) is 21.1. The summed E-state index contributed by atoms with van der Waals surface area (Å²) in [6.45, 7) is 3.85. The van der Waals surface area contributed by atoms with Gasteiger partial charge in [0.05, 0.1) is 18.1 Å². The molecule has 2 amide bonds. The second-order valence-electron chi connectivity index (χ2n) is 8.46. The summed E-state index contributed by atoms with van der Waals surface area (Å²) in [6, 6.07) is 10.6. The van der Waals surface area contributed by atoms with E-state index in [1.165, 1.54) is 0 Å². The number of aryl methyl sites for hydroxylation is 3. The number of nitrogens with zero attached hydrogens (tertiary/aromatic N) is 5. The smallest absolute Gasteiger partial charge is 0.323 e. The fraction of sp³-hybridized carbons (Fsp3) is 0.111. The van der Waals surface area contributed by atoms with E-state index in [1.807, 2.05) is 62.0 Å². The summed E-state index contributed by atoms with van der Waals surface area (Å²) in [5, 5.41) is 13.7. The van der Waals surface area contributed by atoms with Crippen LogP contribution in [0.25, 0.3) is 5.65 Å². The first kappa shape index (κ1) is 23.9. The minimum atomic E-state index is -0.354. The van der Waals surface area contributed by atoms with Gasteiger partial charge in [0.2, 0.25) is 0 Å². The molecule has 0 spiro atoms. The summed E-state index contributed by atoms with van der Waals surface area (Å²) in [5.74, 6) is 7.00. The van der Waals surface area contributed by atoms with Gasteiger partial charge in [-0.05, 0) is 61.2 Å². The molecular formula is C27H23ClN8O. The number of nitrogens with one attached hydrogen (secondary N) is 3. The van der Waals surface area contributed by atoms with Crippen LogP contribution in [0.1, 0.15) is 22.4 Å². The minimum Gasteiger partial charge on any atom is -0.335 e. The van der Waals surface area contributed by atoms with E-state index in [4.69, 9.17) is 11.6 Å². The van der Waals surface area contributed by atoms with E-state index in [2.05, 4.69) is 42.9 Å². The minimum absolute atomic E-state index is 0.354. The Morgan fingerprint density at radius 2 is 1.73 bits per heavy atom. The first-order chi connectivity index (χ1) is 17.9. The van der Waals surface area contributed by atoms with Crippen LogP contribution in [0.15, 0.2) is 67.4 Å². The molecule has 5 rings (SSSR count). The highest BCUT2D eigenvalue weighted by Gasteiger charge is 2.09. The normalized spacial score (nSPS) is 10.6. The number of imidazole rings is 1. The second-order valence-corrected chi connectivity index (χ2v) is 8.87. The lowest BCUT2D eigenvalue weighted by Crippen LogP contribution is -2.19. The van der Waals surface area contributed by atoms with Crippen LogP contribution in [0.5, 0.6) is 0 Å². The first-order valence-corrected chi connectivity index (χ1v) is 11.8. The Hall–Kier alpha value is -4.81. The third kappa shape index (κ3) is 5.39. The van der Waals surface area contributed by atoms with Crippen LogP contribution in [-0.2, 0) is 7.05 Å². The first-order valence-electron chi connectivity index (χ1n) is 11.4. The van der Waals surface area contributed by atoms with Gasteiger partial charge >= 0.3 is 6.03 Å². The van der Waals surface area contributed by atoms with Crippen molar-refractivity contribution in [1.82, 2.24) is 24.1 Å². The molecule has 0 aliphatic rings. The molecule has 184 valence electrons. The molecule has 3 N–H and O–H groups in total. The lowest BCUT2D eigenvalue weighted by atomic mass is 10.1. The Labute approximate surface area is 218 Å². The van der Waals surface area contributed by atoms with Crippen LogP contribution in [0, 0.1) is 25.7 Å². The van der Waals surface area contributed by atoms with Crippen LogP contribution < -0.4 is 16.0 Å². The van der Waals surface area contributed by atoms with E-state index in [0.717, 1.165) is 22.4 Å². The average molecular weight is 511 g/mol. The molecule has 3 heterocycles. The third-order valence-corrected chi connectivity index (χ3v) is 6.06. The van der Waals surface area contributed by atoms with Gasteiger partial charge in [-0.25, -0.2) is 14.8 Å². The number of halogens is 1. The van der Waals surface area contributed by atoms with Crippen molar-refractivity contribution >= 4 is 46.2 Å². The molecule has 0 bridgehead atoms. The highest BCUT2D eigenvalue weighted by molar-refractivity contribution is 6.31. The van der Waals surface area contributed by atoms with Gasteiger partial charge < -0.3 is 16.0 Å². The molecule has 0 saturated heterocycles. The molecule has 10 heteroatoms. The number of carbonyl (C=O) groups is 1. The molecule has 5 aromatic rings. The molecule has 9 nitrogen and oxygen atoms in total. The number of anilines is 4. The van der Waals surface area contributed by atoms with Gasteiger partial charge in [-0.2, -0.15) is 5.10 Å². The maximum absolute atomic E-state index is 12.5.